The number of carbonyl (C=O) groups excluding carboxylic acids is 1. The number of thiophene rings is 1. The Balaban J connectivity index is 1.67. The third-order valence-electron chi connectivity index (χ3n) is 4.24. The smallest absolute Gasteiger partial charge is 0.335 e. The van der Waals surface area contributed by atoms with E-state index in [4.69, 9.17) is 5.11 Å². The highest BCUT2D eigenvalue weighted by atomic mass is 32.1. The summed E-state index contributed by atoms with van der Waals surface area (Å²) in [6.45, 7) is 0.563. The van der Waals surface area contributed by atoms with Gasteiger partial charge in [0.1, 0.15) is 0 Å². The molecule has 0 unspecified atom stereocenters. The fraction of sp³-hybridized carbons (Fsp3) is 0.375. The Morgan fingerprint density at radius 3 is 2.59 bits per heavy atom. The second-order valence-corrected chi connectivity index (χ2v) is 6.56. The summed E-state index contributed by atoms with van der Waals surface area (Å²) in [5, 5.41) is 22.0. The molecule has 0 aliphatic carbocycles. The Kier molecular flexibility index (Phi) is 3.88. The molecule has 0 bridgehead atoms. The summed E-state index contributed by atoms with van der Waals surface area (Å²) < 4.78 is 1.16. The monoisotopic (exact) mass is 319 g/mol. The SMILES string of the molecule is O=C(Cc1csc2ccccc12)N1CCC(O)(C(=O)O)CC1. The first-order valence-corrected chi connectivity index (χ1v) is 8.06. The molecule has 1 aliphatic rings. The van der Waals surface area contributed by atoms with Crippen molar-refractivity contribution in [3.63, 3.8) is 0 Å². The van der Waals surface area contributed by atoms with Gasteiger partial charge in [-0.1, -0.05) is 18.2 Å². The van der Waals surface area contributed by atoms with Crippen LogP contribution in [0.3, 0.4) is 0 Å². The second kappa shape index (κ2) is 5.70. The Labute approximate surface area is 131 Å². The highest BCUT2D eigenvalue weighted by molar-refractivity contribution is 7.17. The first-order valence-electron chi connectivity index (χ1n) is 7.18. The summed E-state index contributed by atoms with van der Waals surface area (Å²) in [7, 11) is 0. The normalized spacial score (nSPS) is 17.6. The van der Waals surface area contributed by atoms with Gasteiger partial charge in [0.05, 0.1) is 6.42 Å². The lowest BCUT2D eigenvalue weighted by Crippen LogP contribution is -2.51. The van der Waals surface area contributed by atoms with E-state index < -0.39 is 11.6 Å². The van der Waals surface area contributed by atoms with Crippen LogP contribution < -0.4 is 0 Å². The van der Waals surface area contributed by atoms with Gasteiger partial charge in [-0.3, -0.25) is 4.79 Å². The lowest BCUT2D eigenvalue weighted by Gasteiger charge is -2.35. The molecule has 0 spiro atoms. The number of carboxylic acid groups (broad SMARTS) is 1. The fourth-order valence-corrected chi connectivity index (χ4v) is 3.75. The molecule has 3 rings (SSSR count). The van der Waals surface area contributed by atoms with Gasteiger partial charge in [-0.2, -0.15) is 0 Å². The molecule has 1 amide bonds. The predicted octanol–water partition coefficient (Wildman–Crippen LogP) is 1.88. The van der Waals surface area contributed by atoms with Gasteiger partial charge in [0, 0.05) is 30.6 Å². The average molecular weight is 319 g/mol. The number of benzene rings is 1. The number of piperidine rings is 1. The van der Waals surface area contributed by atoms with E-state index in [2.05, 4.69) is 0 Å². The minimum absolute atomic E-state index is 0.0176. The lowest BCUT2D eigenvalue weighted by molar-refractivity contribution is -0.165. The van der Waals surface area contributed by atoms with Crippen molar-refractivity contribution < 1.29 is 19.8 Å². The second-order valence-electron chi connectivity index (χ2n) is 5.65. The van der Waals surface area contributed by atoms with Gasteiger partial charge in [-0.25, -0.2) is 4.79 Å². The molecule has 0 radical (unpaired) electrons. The Hall–Kier alpha value is -1.92. The van der Waals surface area contributed by atoms with Gasteiger partial charge in [0.25, 0.3) is 0 Å². The van der Waals surface area contributed by atoms with Crippen molar-refractivity contribution in [2.75, 3.05) is 13.1 Å². The Morgan fingerprint density at radius 2 is 1.91 bits per heavy atom. The van der Waals surface area contributed by atoms with Crippen LogP contribution in [0.4, 0.5) is 0 Å². The highest BCUT2D eigenvalue weighted by Gasteiger charge is 2.40. The van der Waals surface area contributed by atoms with Gasteiger partial charge in [0.15, 0.2) is 5.60 Å². The van der Waals surface area contributed by atoms with Crippen LogP contribution >= 0.6 is 11.3 Å². The summed E-state index contributed by atoms with van der Waals surface area (Å²) in [5.74, 6) is -1.22. The van der Waals surface area contributed by atoms with Crippen LogP contribution in [0.25, 0.3) is 10.1 Å². The number of carbonyl (C=O) groups is 2. The maximum atomic E-state index is 12.4. The molecular formula is C16H17NO4S. The maximum Gasteiger partial charge on any atom is 0.335 e. The summed E-state index contributed by atoms with van der Waals surface area (Å²) in [4.78, 5) is 25.0. The highest BCUT2D eigenvalue weighted by Crippen LogP contribution is 2.27. The summed E-state index contributed by atoms with van der Waals surface area (Å²) in [6.07, 6.45) is 0.479. The van der Waals surface area contributed by atoms with E-state index in [-0.39, 0.29) is 31.8 Å². The van der Waals surface area contributed by atoms with E-state index in [1.54, 1.807) is 16.2 Å². The van der Waals surface area contributed by atoms with Gasteiger partial charge < -0.3 is 15.1 Å². The van der Waals surface area contributed by atoms with Gasteiger partial charge >= 0.3 is 5.97 Å². The van der Waals surface area contributed by atoms with E-state index >= 15 is 0 Å². The number of hydrogen-bond acceptors (Lipinski definition) is 4. The lowest BCUT2D eigenvalue weighted by atomic mass is 9.91. The zero-order valence-electron chi connectivity index (χ0n) is 12.0. The number of amides is 1. The fourth-order valence-electron chi connectivity index (χ4n) is 2.78. The van der Waals surface area contributed by atoms with E-state index in [0.29, 0.717) is 6.42 Å². The molecule has 1 fully saturated rings. The molecule has 116 valence electrons. The number of aliphatic hydroxyl groups is 1. The van der Waals surface area contributed by atoms with Gasteiger partial charge in [-0.15, -0.1) is 11.3 Å². The molecule has 2 aromatic rings. The van der Waals surface area contributed by atoms with Crippen LogP contribution in [0.2, 0.25) is 0 Å². The van der Waals surface area contributed by atoms with Crippen LogP contribution in [-0.2, 0) is 16.0 Å². The molecule has 2 N–H and O–H groups in total. The first kappa shape index (κ1) is 15.0. The number of hydrogen-bond donors (Lipinski definition) is 2. The topological polar surface area (TPSA) is 77.8 Å². The number of carboxylic acids is 1. The van der Waals surface area contributed by atoms with E-state index in [1.165, 1.54) is 0 Å². The Morgan fingerprint density at radius 1 is 1.23 bits per heavy atom. The quantitative estimate of drug-likeness (QED) is 0.905. The molecule has 1 aromatic carbocycles. The summed E-state index contributed by atoms with van der Waals surface area (Å²) in [5.41, 5.74) is -0.684. The van der Waals surface area contributed by atoms with Crippen LogP contribution in [-0.4, -0.2) is 45.7 Å². The van der Waals surface area contributed by atoms with Gasteiger partial charge in [-0.05, 0) is 22.4 Å². The van der Waals surface area contributed by atoms with E-state index in [1.807, 2.05) is 29.6 Å². The first-order chi connectivity index (χ1) is 10.5. The van der Waals surface area contributed by atoms with Crippen molar-refractivity contribution in [2.24, 2.45) is 0 Å². The van der Waals surface area contributed by atoms with Crippen molar-refractivity contribution in [1.82, 2.24) is 4.90 Å². The molecule has 0 atom stereocenters. The van der Waals surface area contributed by atoms with Crippen LogP contribution in [0.15, 0.2) is 29.6 Å². The average Bonchev–Trinajstić information content (AvgIpc) is 2.91. The van der Waals surface area contributed by atoms with Gasteiger partial charge in [0.2, 0.25) is 5.91 Å². The molecule has 22 heavy (non-hydrogen) atoms. The zero-order chi connectivity index (χ0) is 15.7. The molecular weight excluding hydrogens is 302 g/mol. The largest absolute Gasteiger partial charge is 0.479 e. The summed E-state index contributed by atoms with van der Waals surface area (Å²) in [6, 6.07) is 7.97. The van der Waals surface area contributed by atoms with Crippen molar-refractivity contribution in [3.05, 3.63) is 35.2 Å². The number of nitrogens with zero attached hydrogens (tertiary/aromatic N) is 1. The Bertz CT molecular complexity index is 716. The maximum absolute atomic E-state index is 12.4. The van der Waals surface area contributed by atoms with E-state index in [9.17, 15) is 14.7 Å². The zero-order valence-corrected chi connectivity index (χ0v) is 12.8. The van der Waals surface area contributed by atoms with Crippen molar-refractivity contribution >= 4 is 33.3 Å². The minimum Gasteiger partial charge on any atom is -0.479 e. The summed E-state index contributed by atoms with van der Waals surface area (Å²) >= 11 is 1.62. The van der Waals surface area contributed by atoms with E-state index in [0.717, 1.165) is 15.6 Å². The minimum atomic E-state index is -1.69. The third kappa shape index (κ3) is 2.71. The molecule has 6 heteroatoms. The van der Waals surface area contributed by atoms with Crippen LogP contribution in [0.1, 0.15) is 18.4 Å². The van der Waals surface area contributed by atoms with Crippen molar-refractivity contribution in [2.45, 2.75) is 24.9 Å². The molecule has 1 saturated heterocycles. The van der Waals surface area contributed by atoms with Crippen LogP contribution in [0, 0.1) is 0 Å². The number of rotatable bonds is 3. The molecule has 1 aromatic heterocycles. The van der Waals surface area contributed by atoms with Crippen molar-refractivity contribution in [3.8, 4) is 0 Å². The standard InChI is InChI=1S/C16H17NO4S/c18-14(17-7-5-16(21,6-8-17)15(19)20)9-11-10-22-13-4-2-1-3-12(11)13/h1-4,10,21H,5-9H2,(H,19,20). The number of fused-ring (bicyclic) bond motifs is 1. The molecule has 0 saturated carbocycles. The van der Waals surface area contributed by atoms with Crippen LogP contribution in [0.5, 0.6) is 0 Å². The molecule has 2 heterocycles. The molecule has 1 aliphatic heterocycles. The predicted molar refractivity (Wildman–Crippen MR) is 83.9 cm³/mol. The number of aliphatic carboxylic acids is 1. The third-order valence-corrected chi connectivity index (χ3v) is 5.26. The molecule has 5 nitrogen and oxygen atoms in total. The number of likely N-dealkylation sites (tertiary alicyclic amines) is 1. The van der Waals surface area contributed by atoms with Crippen molar-refractivity contribution in [1.29, 1.82) is 0 Å².